The minimum Gasteiger partial charge on any atom is -0.354 e. The predicted octanol–water partition coefficient (Wildman–Crippen LogP) is 2.40. The molecule has 1 aliphatic carbocycles. The third-order valence-corrected chi connectivity index (χ3v) is 6.19. The zero-order valence-corrected chi connectivity index (χ0v) is 12.8. The van der Waals surface area contributed by atoms with Crippen molar-refractivity contribution in [3.05, 3.63) is 0 Å². The molecule has 0 heterocycles. The lowest BCUT2D eigenvalue weighted by Crippen LogP contribution is -2.43. The van der Waals surface area contributed by atoms with Gasteiger partial charge in [-0.05, 0) is 44.4 Å². The lowest BCUT2D eigenvalue weighted by Gasteiger charge is -2.30. The van der Waals surface area contributed by atoms with Crippen molar-refractivity contribution in [3.8, 4) is 0 Å². The van der Waals surface area contributed by atoms with Crippen LogP contribution >= 0.6 is 11.8 Å². The van der Waals surface area contributed by atoms with Gasteiger partial charge in [-0.25, -0.2) is 0 Å². The molecule has 1 fully saturated rings. The molecule has 1 amide bonds. The maximum atomic E-state index is 12.2. The molecule has 1 saturated carbocycles. The number of nitrogens with two attached hydrogens (primary N) is 1. The SMILES string of the molecule is CCC(CC)(CNC(=O)[C@@H]1CCC[C@@H]1CN)SC. The van der Waals surface area contributed by atoms with Gasteiger partial charge in [-0.15, -0.1) is 0 Å². The summed E-state index contributed by atoms with van der Waals surface area (Å²) in [6.45, 7) is 5.83. The molecule has 1 aliphatic rings. The first-order valence-corrected chi connectivity index (χ1v) is 8.37. The summed E-state index contributed by atoms with van der Waals surface area (Å²) in [6.07, 6.45) is 7.60. The van der Waals surface area contributed by atoms with Crippen LogP contribution in [-0.2, 0) is 4.79 Å². The fraction of sp³-hybridized carbons (Fsp3) is 0.929. The second-order valence-electron chi connectivity index (χ2n) is 5.35. The summed E-state index contributed by atoms with van der Waals surface area (Å²) in [5, 5.41) is 3.17. The van der Waals surface area contributed by atoms with Crippen LogP contribution in [0.15, 0.2) is 0 Å². The summed E-state index contributed by atoms with van der Waals surface area (Å²) in [6, 6.07) is 0. The number of amides is 1. The molecule has 1 rings (SSSR count). The van der Waals surface area contributed by atoms with Crippen LogP contribution in [0.2, 0.25) is 0 Å². The molecular weight excluding hydrogens is 244 g/mol. The van der Waals surface area contributed by atoms with Crippen LogP contribution in [-0.4, -0.2) is 30.0 Å². The Hall–Kier alpha value is -0.220. The van der Waals surface area contributed by atoms with Gasteiger partial charge in [0.25, 0.3) is 0 Å². The zero-order chi connectivity index (χ0) is 13.6. The highest BCUT2D eigenvalue weighted by molar-refractivity contribution is 8.00. The van der Waals surface area contributed by atoms with Crippen LogP contribution < -0.4 is 11.1 Å². The molecule has 0 aliphatic heterocycles. The number of rotatable bonds is 7. The number of hydrogen-bond acceptors (Lipinski definition) is 3. The number of carbonyl (C=O) groups is 1. The molecule has 0 aromatic heterocycles. The van der Waals surface area contributed by atoms with E-state index in [0.717, 1.165) is 38.6 Å². The van der Waals surface area contributed by atoms with Gasteiger partial charge in [-0.2, -0.15) is 11.8 Å². The van der Waals surface area contributed by atoms with Gasteiger partial charge in [-0.3, -0.25) is 4.79 Å². The smallest absolute Gasteiger partial charge is 0.223 e. The van der Waals surface area contributed by atoms with E-state index in [1.54, 1.807) is 0 Å². The number of carbonyl (C=O) groups excluding carboxylic acids is 1. The lowest BCUT2D eigenvalue weighted by atomic mass is 9.94. The maximum Gasteiger partial charge on any atom is 0.223 e. The van der Waals surface area contributed by atoms with Crippen molar-refractivity contribution in [2.24, 2.45) is 17.6 Å². The second kappa shape index (κ2) is 7.39. The Kier molecular flexibility index (Phi) is 6.50. The van der Waals surface area contributed by atoms with E-state index in [-0.39, 0.29) is 16.6 Å². The average molecular weight is 272 g/mol. The molecule has 0 aromatic carbocycles. The number of nitrogens with one attached hydrogen (secondary N) is 1. The van der Waals surface area contributed by atoms with Gasteiger partial charge >= 0.3 is 0 Å². The average Bonchev–Trinajstić information content (AvgIpc) is 2.89. The third kappa shape index (κ3) is 3.64. The van der Waals surface area contributed by atoms with E-state index in [1.165, 1.54) is 0 Å². The topological polar surface area (TPSA) is 55.1 Å². The van der Waals surface area contributed by atoms with Crippen LogP contribution in [0.1, 0.15) is 46.0 Å². The van der Waals surface area contributed by atoms with E-state index < -0.39 is 0 Å². The van der Waals surface area contributed by atoms with Crippen molar-refractivity contribution in [2.75, 3.05) is 19.3 Å². The van der Waals surface area contributed by atoms with E-state index in [2.05, 4.69) is 25.4 Å². The lowest BCUT2D eigenvalue weighted by molar-refractivity contribution is -0.126. The van der Waals surface area contributed by atoms with E-state index in [9.17, 15) is 4.79 Å². The van der Waals surface area contributed by atoms with E-state index in [4.69, 9.17) is 5.73 Å². The molecular formula is C14H28N2OS. The minimum atomic E-state index is 0.156. The summed E-state index contributed by atoms with van der Waals surface area (Å²) in [7, 11) is 0. The van der Waals surface area contributed by atoms with Crippen LogP contribution in [0.5, 0.6) is 0 Å². The molecule has 3 N–H and O–H groups in total. The van der Waals surface area contributed by atoms with Crippen molar-refractivity contribution in [3.63, 3.8) is 0 Å². The van der Waals surface area contributed by atoms with Crippen LogP contribution in [0.3, 0.4) is 0 Å². The molecule has 0 saturated heterocycles. The standard InChI is InChI=1S/C14H28N2OS/c1-4-14(5-2,18-3)10-16-13(17)12-8-6-7-11(12)9-15/h11-12H,4-10,15H2,1-3H3,(H,16,17)/t11-,12-/m1/s1. The van der Waals surface area contributed by atoms with Gasteiger partial charge in [0.05, 0.1) is 0 Å². The quantitative estimate of drug-likeness (QED) is 0.748. The van der Waals surface area contributed by atoms with Gasteiger partial charge in [-0.1, -0.05) is 20.3 Å². The van der Waals surface area contributed by atoms with E-state index in [0.29, 0.717) is 12.5 Å². The Morgan fingerprint density at radius 2 is 2.06 bits per heavy atom. The van der Waals surface area contributed by atoms with Crippen LogP contribution in [0.25, 0.3) is 0 Å². The Labute approximate surface area is 116 Å². The first-order chi connectivity index (χ1) is 8.62. The minimum absolute atomic E-state index is 0.156. The molecule has 18 heavy (non-hydrogen) atoms. The second-order valence-corrected chi connectivity index (χ2v) is 6.62. The highest BCUT2D eigenvalue weighted by atomic mass is 32.2. The Bertz CT molecular complexity index is 258. The van der Waals surface area contributed by atoms with Gasteiger partial charge < -0.3 is 11.1 Å². The van der Waals surface area contributed by atoms with Gasteiger partial charge in [0.2, 0.25) is 5.91 Å². The van der Waals surface area contributed by atoms with Gasteiger partial charge in [0, 0.05) is 17.2 Å². The summed E-state index contributed by atoms with van der Waals surface area (Å²) in [4.78, 5) is 12.2. The molecule has 0 unspecified atom stereocenters. The molecule has 0 radical (unpaired) electrons. The zero-order valence-electron chi connectivity index (χ0n) is 12.0. The van der Waals surface area contributed by atoms with Crippen LogP contribution in [0.4, 0.5) is 0 Å². The third-order valence-electron chi connectivity index (χ3n) is 4.61. The monoisotopic (exact) mass is 272 g/mol. The first kappa shape index (κ1) is 15.8. The summed E-state index contributed by atoms with van der Waals surface area (Å²) in [5.74, 6) is 0.781. The first-order valence-electron chi connectivity index (χ1n) is 7.15. The van der Waals surface area contributed by atoms with Crippen molar-refractivity contribution < 1.29 is 4.79 Å². The fourth-order valence-electron chi connectivity index (χ4n) is 2.90. The highest BCUT2D eigenvalue weighted by Gasteiger charge is 2.33. The van der Waals surface area contributed by atoms with E-state index in [1.807, 2.05) is 11.8 Å². The molecule has 4 heteroatoms. The highest BCUT2D eigenvalue weighted by Crippen LogP contribution is 2.32. The fourth-order valence-corrected chi connectivity index (χ4v) is 3.70. The molecule has 0 aromatic rings. The number of thioether (sulfide) groups is 1. The summed E-state index contributed by atoms with van der Waals surface area (Å²) < 4.78 is 0.201. The molecule has 2 atom stereocenters. The van der Waals surface area contributed by atoms with Gasteiger partial charge in [0.1, 0.15) is 0 Å². The molecule has 106 valence electrons. The van der Waals surface area contributed by atoms with Gasteiger partial charge in [0.15, 0.2) is 0 Å². The number of hydrogen-bond donors (Lipinski definition) is 2. The van der Waals surface area contributed by atoms with Crippen molar-refractivity contribution in [2.45, 2.75) is 50.7 Å². The van der Waals surface area contributed by atoms with Crippen LogP contribution in [0, 0.1) is 11.8 Å². The summed E-state index contributed by atoms with van der Waals surface area (Å²) in [5.41, 5.74) is 5.74. The van der Waals surface area contributed by atoms with Crippen molar-refractivity contribution in [1.82, 2.24) is 5.32 Å². The largest absolute Gasteiger partial charge is 0.354 e. The Morgan fingerprint density at radius 3 is 2.56 bits per heavy atom. The van der Waals surface area contributed by atoms with E-state index >= 15 is 0 Å². The van der Waals surface area contributed by atoms with Crippen molar-refractivity contribution >= 4 is 17.7 Å². The maximum absolute atomic E-state index is 12.2. The Balaban J connectivity index is 2.49. The molecule has 3 nitrogen and oxygen atoms in total. The predicted molar refractivity (Wildman–Crippen MR) is 79.7 cm³/mol. The molecule has 0 bridgehead atoms. The van der Waals surface area contributed by atoms with Crippen molar-refractivity contribution in [1.29, 1.82) is 0 Å². The normalized spacial score (nSPS) is 24.2. The Morgan fingerprint density at radius 1 is 1.39 bits per heavy atom. The summed E-state index contributed by atoms with van der Waals surface area (Å²) >= 11 is 1.87. The molecule has 0 spiro atoms.